The van der Waals surface area contributed by atoms with Gasteiger partial charge in [0.1, 0.15) is 0 Å². The molecule has 1 N–H and O–H groups in total. The molecule has 0 bridgehead atoms. The standard InChI is InChI=1S/C19H37N3O/c1-20-19(21-16-18-8-6-4-3-5-7-9-18)22(2)13-10-17-11-14-23-15-12-17/h17-18H,3-16H2,1-2H3,(H,20,21). The summed E-state index contributed by atoms with van der Waals surface area (Å²) >= 11 is 0. The quantitative estimate of drug-likeness (QED) is 0.619. The second kappa shape index (κ2) is 10.9. The van der Waals surface area contributed by atoms with Crippen LogP contribution in [0.2, 0.25) is 0 Å². The third kappa shape index (κ3) is 7.11. The Hall–Kier alpha value is -0.770. The van der Waals surface area contributed by atoms with Crippen LogP contribution >= 0.6 is 0 Å². The average molecular weight is 324 g/mol. The molecule has 0 radical (unpaired) electrons. The number of rotatable bonds is 5. The van der Waals surface area contributed by atoms with Gasteiger partial charge in [-0.1, -0.05) is 32.1 Å². The molecule has 0 atom stereocenters. The van der Waals surface area contributed by atoms with Crippen molar-refractivity contribution in [2.75, 3.05) is 40.4 Å². The molecule has 0 aromatic carbocycles. The van der Waals surface area contributed by atoms with Crippen molar-refractivity contribution in [2.24, 2.45) is 16.8 Å². The molecule has 4 nitrogen and oxygen atoms in total. The molecule has 2 fully saturated rings. The summed E-state index contributed by atoms with van der Waals surface area (Å²) in [5.41, 5.74) is 0. The van der Waals surface area contributed by atoms with Gasteiger partial charge < -0.3 is 15.0 Å². The van der Waals surface area contributed by atoms with E-state index in [1.807, 2.05) is 7.05 Å². The van der Waals surface area contributed by atoms with E-state index in [4.69, 9.17) is 4.74 Å². The maximum atomic E-state index is 5.45. The molecule has 0 spiro atoms. The molecule has 0 aromatic heterocycles. The van der Waals surface area contributed by atoms with Crippen LogP contribution in [0.3, 0.4) is 0 Å². The molecule has 0 amide bonds. The maximum absolute atomic E-state index is 5.45. The minimum Gasteiger partial charge on any atom is -0.381 e. The highest BCUT2D eigenvalue weighted by atomic mass is 16.5. The van der Waals surface area contributed by atoms with Crippen LogP contribution in [0.5, 0.6) is 0 Å². The Labute approximate surface area is 143 Å². The Morgan fingerprint density at radius 2 is 1.65 bits per heavy atom. The number of hydrogen-bond donors (Lipinski definition) is 1. The molecule has 1 heterocycles. The van der Waals surface area contributed by atoms with Crippen molar-refractivity contribution in [3.63, 3.8) is 0 Å². The van der Waals surface area contributed by atoms with Crippen molar-refractivity contribution in [3.8, 4) is 0 Å². The molecular formula is C19H37N3O. The average Bonchev–Trinajstić information content (AvgIpc) is 2.56. The van der Waals surface area contributed by atoms with E-state index in [-0.39, 0.29) is 0 Å². The van der Waals surface area contributed by atoms with Crippen molar-refractivity contribution < 1.29 is 4.74 Å². The lowest BCUT2D eigenvalue weighted by molar-refractivity contribution is 0.0625. The SMILES string of the molecule is CN=C(NCC1CCCCCCC1)N(C)CCC1CCOCC1. The van der Waals surface area contributed by atoms with Crippen molar-refractivity contribution in [1.29, 1.82) is 0 Å². The van der Waals surface area contributed by atoms with Gasteiger partial charge in [0.25, 0.3) is 0 Å². The van der Waals surface area contributed by atoms with Gasteiger partial charge in [-0.2, -0.15) is 0 Å². The van der Waals surface area contributed by atoms with E-state index in [2.05, 4.69) is 22.3 Å². The van der Waals surface area contributed by atoms with E-state index in [0.717, 1.165) is 44.1 Å². The fourth-order valence-electron chi connectivity index (χ4n) is 3.88. The summed E-state index contributed by atoms with van der Waals surface area (Å²) < 4.78 is 5.45. The van der Waals surface area contributed by atoms with Crippen LogP contribution in [0.15, 0.2) is 4.99 Å². The predicted molar refractivity (Wildman–Crippen MR) is 98.0 cm³/mol. The Morgan fingerprint density at radius 1 is 1.00 bits per heavy atom. The van der Waals surface area contributed by atoms with Gasteiger partial charge in [-0.15, -0.1) is 0 Å². The van der Waals surface area contributed by atoms with E-state index in [1.165, 1.54) is 64.2 Å². The highest BCUT2D eigenvalue weighted by molar-refractivity contribution is 5.79. The number of guanidine groups is 1. The number of nitrogens with zero attached hydrogens (tertiary/aromatic N) is 2. The third-order valence-electron chi connectivity index (χ3n) is 5.56. The fourth-order valence-corrected chi connectivity index (χ4v) is 3.88. The first-order chi connectivity index (χ1) is 11.3. The highest BCUT2D eigenvalue weighted by Gasteiger charge is 2.16. The van der Waals surface area contributed by atoms with Crippen LogP contribution in [-0.4, -0.2) is 51.3 Å². The molecule has 1 saturated heterocycles. The highest BCUT2D eigenvalue weighted by Crippen LogP contribution is 2.22. The lowest BCUT2D eigenvalue weighted by Crippen LogP contribution is -2.42. The Morgan fingerprint density at radius 3 is 2.30 bits per heavy atom. The second-order valence-corrected chi connectivity index (χ2v) is 7.41. The van der Waals surface area contributed by atoms with Crippen LogP contribution < -0.4 is 5.32 Å². The monoisotopic (exact) mass is 323 g/mol. The number of hydrogen-bond acceptors (Lipinski definition) is 2. The lowest BCUT2D eigenvalue weighted by Gasteiger charge is -2.28. The molecule has 0 unspecified atom stereocenters. The Kier molecular flexibility index (Phi) is 8.80. The minimum absolute atomic E-state index is 0.829. The molecule has 1 aliphatic carbocycles. The normalized spacial score (nSPS) is 22.4. The Balaban J connectivity index is 1.68. The van der Waals surface area contributed by atoms with Gasteiger partial charge in [-0.3, -0.25) is 4.99 Å². The molecule has 0 aromatic rings. The number of ether oxygens (including phenoxy) is 1. The van der Waals surface area contributed by atoms with E-state index < -0.39 is 0 Å². The first-order valence-electron chi connectivity index (χ1n) is 9.79. The second-order valence-electron chi connectivity index (χ2n) is 7.41. The van der Waals surface area contributed by atoms with Crippen LogP contribution in [0.25, 0.3) is 0 Å². The topological polar surface area (TPSA) is 36.9 Å². The van der Waals surface area contributed by atoms with Gasteiger partial charge in [-0.25, -0.2) is 0 Å². The summed E-state index contributed by atoms with van der Waals surface area (Å²) in [6.07, 6.45) is 13.6. The molecule has 2 rings (SSSR count). The van der Waals surface area contributed by atoms with Crippen molar-refractivity contribution in [1.82, 2.24) is 10.2 Å². The van der Waals surface area contributed by atoms with E-state index in [0.29, 0.717) is 0 Å². The maximum Gasteiger partial charge on any atom is 0.193 e. The van der Waals surface area contributed by atoms with Crippen LogP contribution in [0, 0.1) is 11.8 Å². The van der Waals surface area contributed by atoms with Crippen LogP contribution in [-0.2, 0) is 4.74 Å². The summed E-state index contributed by atoms with van der Waals surface area (Å²) in [6, 6.07) is 0. The van der Waals surface area contributed by atoms with Gasteiger partial charge in [-0.05, 0) is 43.9 Å². The first-order valence-corrected chi connectivity index (χ1v) is 9.79. The third-order valence-corrected chi connectivity index (χ3v) is 5.56. The fraction of sp³-hybridized carbons (Fsp3) is 0.947. The van der Waals surface area contributed by atoms with Crippen LogP contribution in [0.4, 0.5) is 0 Å². The predicted octanol–water partition coefficient (Wildman–Crippen LogP) is 3.67. The molecular weight excluding hydrogens is 286 g/mol. The van der Waals surface area contributed by atoms with E-state index in [9.17, 15) is 0 Å². The number of aliphatic imine (C=N–C) groups is 1. The molecule has 1 saturated carbocycles. The molecule has 134 valence electrons. The molecule has 23 heavy (non-hydrogen) atoms. The molecule has 2 aliphatic rings. The van der Waals surface area contributed by atoms with E-state index >= 15 is 0 Å². The molecule has 1 aliphatic heterocycles. The lowest BCUT2D eigenvalue weighted by atomic mass is 9.91. The minimum atomic E-state index is 0.829. The molecule has 4 heteroatoms. The summed E-state index contributed by atoms with van der Waals surface area (Å²) in [4.78, 5) is 6.79. The van der Waals surface area contributed by atoms with Crippen molar-refractivity contribution in [2.45, 2.75) is 64.2 Å². The van der Waals surface area contributed by atoms with Crippen LogP contribution in [0.1, 0.15) is 64.2 Å². The zero-order chi connectivity index (χ0) is 16.3. The largest absolute Gasteiger partial charge is 0.381 e. The summed E-state index contributed by atoms with van der Waals surface area (Å²) in [5, 5.41) is 3.63. The summed E-state index contributed by atoms with van der Waals surface area (Å²) in [5.74, 6) is 2.73. The zero-order valence-electron chi connectivity index (χ0n) is 15.4. The summed E-state index contributed by atoms with van der Waals surface area (Å²) in [7, 11) is 4.08. The van der Waals surface area contributed by atoms with Crippen molar-refractivity contribution in [3.05, 3.63) is 0 Å². The van der Waals surface area contributed by atoms with Crippen molar-refractivity contribution >= 4 is 5.96 Å². The summed E-state index contributed by atoms with van der Waals surface area (Å²) in [6.45, 7) is 4.08. The van der Waals surface area contributed by atoms with Gasteiger partial charge >= 0.3 is 0 Å². The van der Waals surface area contributed by atoms with Gasteiger partial charge in [0.05, 0.1) is 0 Å². The Bertz CT molecular complexity index is 332. The van der Waals surface area contributed by atoms with Gasteiger partial charge in [0.15, 0.2) is 5.96 Å². The first kappa shape index (κ1) is 18.6. The smallest absolute Gasteiger partial charge is 0.193 e. The zero-order valence-corrected chi connectivity index (χ0v) is 15.4. The van der Waals surface area contributed by atoms with E-state index in [1.54, 1.807) is 0 Å². The number of nitrogens with one attached hydrogen (secondary N) is 1. The van der Waals surface area contributed by atoms with Gasteiger partial charge in [0.2, 0.25) is 0 Å². The van der Waals surface area contributed by atoms with Gasteiger partial charge in [0, 0.05) is 40.4 Å².